The Labute approximate surface area is 126 Å². The Hall–Kier alpha value is -1.59. The molecule has 1 atom stereocenters. The fourth-order valence-corrected chi connectivity index (χ4v) is 3.69. The number of hydrogen-bond acceptors (Lipinski definition) is 4. The molecule has 0 aromatic carbocycles. The minimum absolute atomic E-state index is 0.0591. The molecule has 0 aliphatic carbocycles. The third-order valence-corrected chi connectivity index (χ3v) is 4.87. The molecule has 4 nitrogen and oxygen atoms in total. The molecule has 104 valence electrons. The molecule has 0 radical (unpaired) electrons. The van der Waals surface area contributed by atoms with Crippen molar-refractivity contribution in [1.29, 1.82) is 0 Å². The molecule has 2 aromatic heterocycles. The molecule has 3 rings (SSSR count). The zero-order valence-electron chi connectivity index (χ0n) is 11.0. The first-order chi connectivity index (χ1) is 9.58. The van der Waals surface area contributed by atoms with Crippen molar-refractivity contribution in [3.8, 4) is 0 Å². The summed E-state index contributed by atoms with van der Waals surface area (Å²) < 4.78 is 0. The molecule has 20 heavy (non-hydrogen) atoms. The Balaban J connectivity index is 1.94. The van der Waals surface area contributed by atoms with E-state index < -0.39 is 0 Å². The second-order valence-corrected chi connectivity index (χ2v) is 6.21. The number of nitrogen functional groups attached to an aromatic ring is 1. The fraction of sp³-hybridized carbons (Fsp3) is 0.286. The topological polar surface area (TPSA) is 59.2 Å². The summed E-state index contributed by atoms with van der Waals surface area (Å²) in [5, 5.41) is 2.36. The second-order valence-electron chi connectivity index (χ2n) is 4.82. The van der Waals surface area contributed by atoms with E-state index in [4.69, 9.17) is 17.3 Å². The third kappa shape index (κ3) is 2.17. The predicted octanol–water partition coefficient (Wildman–Crippen LogP) is 3.14. The maximum absolute atomic E-state index is 12.7. The number of hydrogen-bond donors (Lipinski definition) is 1. The summed E-state index contributed by atoms with van der Waals surface area (Å²) in [6.45, 7) is 2.74. The Morgan fingerprint density at radius 2 is 2.40 bits per heavy atom. The van der Waals surface area contributed by atoms with Crippen molar-refractivity contribution in [2.75, 3.05) is 12.3 Å². The van der Waals surface area contributed by atoms with Crippen molar-refractivity contribution in [3.05, 3.63) is 44.9 Å². The van der Waals surface area contributed by atoms with Crippen LogP contribution in [0.25, 0.3) is 0 Å². The fourth-order valence-electron chi connectivity index (χ4n) is 2.57. The van der Waals surface area contributed by atoms with Gasteiger partial charge in [-0.2, -0.15) is 0 Å². The molecule has 0 fully saturated rings. The van der Waals surface area contributed by atoms with Gasteiger partial charge in [0, 0.05) is 11.4 Å². The number of rotatable bonds is 1. The number of amides is 1. The lowest BCUT2D eigenvalue weighted by Crippen LogP contribution is -2.38. The zero-order valence-corrected chi connectivity index (χ0v) is 12.5. The van der Waals surface area contributed by atoms with Crippen molar-refractivity contribution in [1.82, 2.24) is 9.88 Å². The van der Waals surface area contributed by atoms with E-state index in [1.807, 2.05) is 11.8 Å². The van der Waals surface area contributed by atoms with Gasteiger partial charge in [-0.3, -0.25) is 4.79 Å². The van der Waals surface area contributed by atoms with Crippen LogP contribution in [-0.2, 0) is 6.42 Å². The molecule has 0 spiro atoms. The summed E-state index contributed by atoms with van der Waals surface area (Å²) in [5.74, 6) is -0.0869. The van der Waals surface area contributed by atoms with Crippen LogP contribution in [-0.4, -0.2) is 22.3 Å². The highest BCUT2D eigenvalue weighted by Gasteiger charge is 2.29. The smallest absolute Gasteiger partial charge is 0.256 e. The summed E-state index contributed by atoms with van der Waals surface area (Å²) in [6.07, 6.45) is 2.32. The summed E-state index contributed by atoms with van der Waals surface area (Å²) in [5.41, 5.74) is 7.87. The van der Waals surface area contributed by atoms with Gasteiger partial charge in [0.05, 0.1) is 23.5 Å². The SMILES string of the molecule is CC1c2ccsc2CCN1C(=O)c1cc(Cl)ncc1N. The Morgan fingerprint density at radius 3 is 3.20 bits per heavy atom. The van der Waals surface area contributed by atoms with Crippen LogP contribution in [0.5, 0.6) is 0 Å². The zero-order chi connectivity index (χ0) is 14.3. The Bertz CT molecular complexity index is 670. The summed E-state index contributed by atoms with van der Waals surface area (Å²) in [7, 11) is 0. The van der Waals surface area contributed by atoms with Gasteiger partial charge in [-0.1, -0.05) is 11.6 Å². The molecule has 6 heteroatoms. The second kappa shape index (κ2) is 5.07. The minimum Gasteiger partial charge on any atom is -0.397 e. The summed E-state index contributed by atoms with van der Waals surface area (Å²) >= 11 is 7.61. The van der Waals surface area contributed by atoms with Crippen LogP contribution in [0.4, 0.5) is 5.69 Å². The molecule has 1 aliphatic rings. The molecule has 0 bridgehead atoms. The normalized spacial score (nSPS) is 17.9. The molecule has 1 amide bonds. The van der Waals surface area contributed by atoms with Crippen molar-refractivity contribution in [2.24, 2.45) is 0 Å². The number of aromatic nitrogens is 1. The lowest BCUT2D eigenvalue weighted by molar-refractivity contribution is 0.0680. The molecule has 3 heterocycles. The molecule has 0 saturated heterocycles. The molecule has 1 unspecified atom stereocenters. The highest BCUT2D eigenvalue weighted by molar-refractivity contribution is 7.10. The van der Waals surface area contributed by atoms with E-state index in [1.165, 1.54) is 22.7 Å². The van der Waals surface area contributed by atoms with Gasteiger partial charge in [-0.15, -0.1) is 11.3 Å². The standard InChI is InChI=1S/C14H14ClN3OS/c1-8-9-3-5-20-12(9)2-4-18(8)14(19)10-6-13(15)17-7-11(10)16/h3,5-8H,2,4,16H2,1H3. The summed E-state index contributed by atoms with van der Waals surface area (Å²) in [6, 6.07) is 3.69. The average molecular weight is 308 g/mol. The van der Waals surface area contributed by atoms with Gasteiger partial charge in [-0.05, 0) is 36.4 Å². The Kier molecular flexibility index (Phi) is 3.40. The maximum Gasteiger partial charge on any atom is 0.256 e. The number of nitrogens with two attached hydrogens (primary N) is 1. The number of anilines is 1. The predicted molar refractivity (Wildman–Crippen MR) is 81.1 cm³/mol. The molecule has 0 saturated carbocycles. The lowest BCUT2D eigenvalue weighted by Gasteiger charge is -2.34. The number of thiophene rings is 1. The van der Waals surface area contributed by atoms with Gasteiger partial charge in [0.15, 0.2) is 0 Å². The van der Waals surface area contributed by atoms with Gasteiger partial charge < -0.3 is 10.6 Å². The number of fused-ring (bicyclic) bond motifs is 1. The highest BCUT2D eigenvalue weighted by Crippen LogP contribution is 2.34. The number of carbonyl (C=O) groups is 1. The van der Waals surface area contributed by atoms with Crippen LogP contribution in [0.2, 0.25) is 5.15 Å². The molecule has 2 N–H and O–H groups in total. The van der Waals surface area contributed by atoms with Crippen LogP contribution < -0.4 is 5.73 Å². The van der Waals surface area contributed by atoms with Crippen LogP contribution in [0.15, 0.2) is 23.7 Å². The minimum atomic E-state index is -0.0869. The van der Waals surface area contributed by atoms with E-state index in [1.54, 1.807) is 11.3 Å². The highest BCUT2D eigenvalue weighted by atomic mass is 35.5. The van der Waals surface area contributed by atoms with E-state index >= 15 is 0 Å². The van der Waals surface area contributed by atoms with Gasteiger partial charge in [0.1, 0.15) is 5.15 Å². The first kappa shape index (κ1) is 13.4. The van der Waals surface area contributed by atoms with Gasteiger partial charge in [-0.25, -0.2) is 4.98 Å². The van der Waals surface area contributed by atoms with Crippen molar-refractivity contribution in [2.45, 2.75) is 19.4 Å². The first-order valence-corrected chi connectivity index (χ1v) is 7.62. The number of pyridine rings is 1. The molecule has 2 aromatic rings. The number of nitrogens with zero attached hydrogens (tertiary/aromatic N) is 2. The van der Waals surface area contributed by atoms with Gasteiger partial charge in [0.25, 0.3) is 5.91 Å². The first-order valence-electron chi connectivity index (χ1n) is 6.36. The molecule has 1 aliphatic heterocycles. The van der Waals surface area contributed by atoms with E-state index in [0.29, 0.717) is 17.8 Å². The van der Waals surface area contributed by atoms with E-state index in [2.05, 4.69) is 16.4 Å². The number of carbonyl (C=O) groups excluding carboxylic acids is 1. The maximum atomic E-state index is 12.7. The Morgan fingerprint density at radius 1 is 1.60 bits per heavy atom. The van der Waals surface area contributed by atoms with Crippen LogP contribution in [0.3, 0.4) is 0 Å². The van der Waals surface area contributed by atoms with Gasteiger partial charge in [0.2, 0.25) is 0 Å². The van der Waals surface area contributed by atoms with Crippen molar-refractivity contribution >= 4 is 34.5 Å². The van der Waals surface area contributed by atoms with Gasteiger partial charge >= 0.3 is 0 Å². The van der Waals surface area contributed by atoms with E-state index in [-0.39, 0.29) is 17.1 Å². The number of halogens is 1. The van der Waals surface area contributed by atoms with Crippen LogP contribution >= 0.6 is 22.9 Å². The summed E-state index contributed by atoms with van der Waals surface area (Å²) in [4.78, 5) is 19.8. The van der Waals surface area contributed by atoms with Crippen LogP contribution in [0, 0.1) is 0 Å². The van der Waals surface area contributed by atoms with Crippen molar-refractivity contribution < 1.29 is 4.79 Å². The largest absolute Gasteiger partial charge is 0.397 e. The van der Waals surface area contributed by atoms with Crippen molar-refractivity contribution in [3.63, 3.8) is 0 Å². The lowest BCUT2D eigenvalue weighted by atomic mass is 10.0. The quantitative estimate of drug-likeness (QED) is 0.823. The molecular formula is C14H14ClN3OS. The van der Waals surface area contributed by atoms with Crippen LogP contribution in [0.1, 0.15) is 33.8 Å². The third-order valence-electron chi connectivity index (χ3n) is 3.67. The van der Waals surface area contributed by atoms with E-state index in [0.717, 1.165) is 6.42 Å². The molecular weight excluding hydrogens is 294 g/mol. The monoisotopic (exact) mass is 307 g/mol. The average Bonchev–Trinajstić information content (AvgIpc) is 2.90. The van der Waals surface area contributed by atoms with E-state index in [9.17, 15) is 4.79 Å².